The second-order valence-electron chi connectivity index (χ2n) is 6.88. The zero-order valence-electron chi connectivity index (χ0n) is 14.7. The second kappa shape index (κ2) is 7.81. The third-order valence-corrected chi connectivity index (χ3v) is 4.98. The molecule has 1 aliphatic rings. The van der Waals surface area contributed by atoms with Crippen molar-refractivity contribution in [3.8, 4) is 0 Å². The average molecular weight is 344 g/mol. The van der Waals surface area contributed by atoms with Crippen LogP contribution in [0.2, 0.25) is 0 Å². The van der Waals surface area contributed by atoms with Crippen LogP contribution in [-0.2, 0) is 6.54 Å². The van der Waals surface area contributed by atoms with Gasteiger partial charge in [-0.15, -0.1) is 0 Å². The van der Waals surface area contributed by atoms with Gasteiger partial charge >= 0.3 is 0 Å². The number of amides is 1. The van der Waals surface area contributed by atoms with Gasteiger partial charge in [0.2, 0.25) is 0 Å². The monoisotopic (exact) mass is 344 g/mol. The molecule has 1 amide bonds. The molecule has 1 aromatic heterocycles. The number of benzene rings is 1. The predicted molar refractivity (Wildman–Crippen MR) is 97.4 cm³/mol. The SMILES string of the molecule is CCCCn1c(C(=O)NC2CCCCC2)cc2ccc(F)cc2c1=O. The molecule has 134 valence electrons. The fourth-order valence-electron chi connectivity index (χ4n) is 3.55. The summed E-state index contributed by atoms with van der Waals surface area (Å²) in [4.78, 5) is 25.6. The van der Waals surface area contributed by atoms with Gasteiger partial charge in [0, 0.05) is 12.6 Å². The lowest BCUT2D eigenvalue weighted by molar-refractivity contribution is 0.0917. The molecule has 5 heteroatoms. The van der Waals surface area contributed by atoms with Gasteiger partial charge in [0.25, 0.3) is 11.5 Å². The summed E-state index contributed by atoms with van der Waals surface area (Å²) in [6.45, 7) is 2.50. The van der Waals surface area contributed by atoms with Crippen LogP contribution in [0.1, 0.15) is 62.4 Å². The number of carbonyl (C=O) groups excluding carboxylic acids is 1. The molecule has 1 aromatic carbocycles. The minimum Gasteiger partial charge on any atom is -0.348 e. The number of nitrogens with zero attached hydrogens (tertiary/aromatic N) is 1. The molecule has 1 N–H and O–H groups in total. The van der Waals surface area contributed by atoms with E-state index in [-0.39, 0.29) is 17.5 Å². The Morgan fingerprint density at radius 1 is 1.24 bits per heavy atom. The first kappa shape index (κ1) is 17.6. The molecule has 1 saturated carbocycles. The van der Waals surface area contributed by atoms with Crippen molar-refractivity contribution in [2.75, 3.05) is 0 Å². The van der Waals surface area contributed by atoms with Gasteiger partial charge in [-0.05, 0) is 42.8 Å². The highest BCUT2D eigenvalue weighted by Gasteiger charge is 2.20. The lowest BCUT2D eigenvalue weighted by Crippen LogP contribution is -2.39. The number of carbonyl (C=O) groups is 1. The molecule has 0 saturated heterocycles. The molecule has 1 fully saturated rings. The van der Waals surface area contributed by atoms with Gasteiger partial charge in [-0.25, -0.2) is 4.39 Å². The lowest BCUT2D eigenvalue weighted by Gasteiger charge is -2.23. The van der Waals surface area contributed by atoms with Gasteiger partial charge < -0.3 is 9.88 Å². The van der Waals surface area contributed by atoms with E-state index >= 15 is 0 Å². The summed E-state index contributed by atoms with van der Waals surface area (Å²) in [6.07, 6.45) is 7.17. The first-order valence-corrected chi connectivity index (χ1v) is 9.24. The third kappa shape index (κ3) is 3.91. The van der Waals surface area contributed by atoms with Gasteiger partial charge in [0.15, 0.2) is 0 Å². The van der Waals surface area contributed by atoms with Gasteiger partial charge in [-0.1, -0.05) is 38.7 Å². The fraction of sp³-hybridized carbons (Fsp3) is 0.500. The van der Waals surface area contributed by atoms with Crippen molar-refractivity contribution >= 4 is 16.7 Å². The van der Waals surface area contributed by atoms with E-state index in [4.69, 9.17) is 0 Å². The summed E-state index contributed by atoms with van der Waals surface area (Å²) in [5.74, 6) is -0.641. The third-order valence-electron chi connectivity index (χ3n) is 4.98. The Labute approximate surface area is 147 Å². The number of unbranched alkanes of at least 4 members (excludes halogenated alkanes) is 1. The first-order chi connectivity index (χ1) is 12.1. The van der Waals surface area contributed by atoms with E-state index in [0.717, 1.165) is 38.5 Å². The highest BCUT2D eigenvalue weighted by molar-refractivity contribution is 5.96. The summed E-state index contributed by atoms with van der Waals surface area (Å²) in [5.41, 5.74) is 0.0855. The normalized spacial score (nSPS) is 15.4. The van der Waals surface area contributed by atoms with Crippen molar-refractivity contribution in [3.05, 3.63) is 46.1 Å². The van der Waals surface area contributed by atoms with E-state index < -0.39 is 5.82 Å². The van der Waals surface area contributed by atoms with Gasteiger partial charge in [-0.3, -0.25) is 9.59 Å². The summed E-state index contributed by atoms with van der Waals surface area (Å²) in [5, 5.41) is 4.01. The van der Waals surface area contributed by atoms with E-state index in [1.54, 1.807) is 12.1 Å². The van der Waals surface area contributed by atoms with Gasteiger partial charge in [-0.2, -0.15) is 0 Å². The molecule has 0 spiro atoms. The Bertz CT molecular complexity index is 822. The summed E-state index contributed by atoms with van der Waals surface area (Å²) in [6, 6.07) is 6.03. The summed E-state index contributed by atoms with van der Waals surface area (Å²) in [7, 11) is 0. The van der Waals surface area contributed by atoms with E-state index in [2.05, 4.69) is 5.32 Å². The van der Waals surface area contributed by atoms with Crippen LogP contribution >= 0.6 is 0 Å². The molecule has 4 nitrogen and oxygen atoms in total. The first-order valence-electron chi connectivity index (χ1n) is 9.24. The Hall–Kier alpha value is -2.17. The molecule has 0 radical (unpaired) electrons. The minimum absolute atomic E-state index is 0.180. The maximum atomic E-state index is 13.5. The standard InChI is InChI=1S/C20H25FN2O2/c1-2-3-11-23-18(19(24)22-16-7-5-4-6-8-16)12-14-9-10-15(21)13-17(14)20(23)25/h9-10,12-13,16H,2-8,11H2,1H3,(H,22,24). The van der Waals surface area contributed by atoms with Crippen molar-refractivity contribution < 1.29 is 9.18 Å². The van der Waals surface area contributed by atoms with E-state index in [1.165, 1.54) is 23.1 Å². The van der Waals surface area contributed by atoms with Crippen LogP contribution in [0.3, 0.4) is 0 Å². The smallest absolute Gasteiger partial charge is 0.268 e. The summed E-state index contributed by atoms with van der Waals surface area (Å²) < 4.78 is 15.0. The lowest BCUT2D eigenvalue weighted by atomic mass is 9.95. The highest BCUT2D eigenvalue weighted by atomic mass is 19.1. The quantitative estimate of drug-likeness (QED) is 0.891. The molecule has 1 heterocycles. The maximum absolute atomic E-state index is 13.5. The van der Waals surface area contributed by atoms with Crippen LogP contribution in [0.25, 0.3) is 10.8 Å². The Morgan fingerprint density at radius 2 is 2.00 bits per heavy atom. The minimum atomic E-state index is -0.439. The van der Waals surface area contributed by atoms with Gasteiger partial charge in [0.05, 0.1) is 5.39 Å². The molecule has 25 heavy (non-hydrogen) atoms. The number of aromatic nitrogens is 1. The van der Waals surface area contributed by atoms with Crippen LogP contribution in [-0.4, -0.2) is 16.5 Å². The van der Waals surface area contributed by atoms with Crippen molar-refractivity contribution in [2.45, 2.75) is 64.5 Å². The van der Waals surface area contributed by atoms with E-state index in [1.807, 2.05) is 6.92 Å². The van der Waals surface area contributed by atoms with Crippen molar-refractivity contribution in [1.29, 1.82) is 0 Å². The molecule has 1 aliphatic carbocycles. The predicted octanol–water partition coefficient (Wildman–Crippen LogP) is 4.00. The van der Waals surface area contributed by atoms with Crippen LogP contribution in [0, 0.1) is 5.82 Å². The van der Waals surface area contributed by atoms with Crippen LogP contribution in [0.4, 0.5) is 4.39 Å². The van der Waals surface area contributed by atoms with Crippen LogP contribution in [0.5, 0.6) is 0 Å². The average Bonchev–Trinajstić information content (AvgIpc) is 2.62. The second-order valence-corrected chi connectivity index (χ2v) is 6.88. The fourth-order valence-corrected chi connectivity index (χ4v) is 3.55. The molecule has 2 aromatic rings. The molecular weight excluding hydrogens is 319 g/mol. The van der Waals surface area contributed by atoms with Crippen LogP contribution in [0.15, 0.2) is 29.1 Å². The highest BCUT2D eigenvalue weighted by Crippen LogP contribution is 2.19. The molecular formula is C20H25FN2O2. The topological polar surface area (TPSA) is 51.1 Å². The summed E-state index contributed by atoms with van der Waals surface area (Å²) >= 11 is 0. The number of hydrogen-bond acceptors (Lipinski definition) is 2. The maximum Gasteiger partial charge on any atom is 0.268 e. The Kier molecular flexibility index (Phi) is 5.51. The van der Waals surface area contributed by atoms with Gasteiger partial charge in [0.1, 0.15) is 11.5 Å². The van der Waals surface area contributed by atoms with E-state index in [9.17, 15) is 14.0 Å². The number of fused-ring (bicyclic) bond motifs is 1. The number of hydrogen-bond donors (Lipinski definition) is 1. The largest absolute Gasteiger partial charge is 0.348 e. The van der Waals surface area contributed by atoms with Crippen molar-refractivity contribution in [3.63, 3.8) is 0 Å². The number of nitrogens with one attached hydrogen (secondary N) is 1. The molecule has 0 aliphatic heterocycles. The molecule has 0 bridgehead atoms. The molecule has 0 atom stereocenters. The van der Waals surface area contributed by atoms with Crippen molar-refractivity contribution in [1.82, 2.24) is 9.88 Å². The number of pyridine rings is 1. The zero-order chi connectivity index (χ0) is 17.8. The van der Waals surface area contributed by atoms with Crippen LogP contribution < -0.4 is 10.9 Å². The van der Waals surface area contributed by atoms with Crippen molar-refractivity contribution in [2.24, 2.45) is 0 Å². The Morgan fingerprint density at radius 3 is 2.72 bits per heavy atom. The number of rotatable bonds is 5. The zero-order valence-corrected chi connectivity index (χ0v) is 14.7. The molecule has 0 unspecified atom stereocenters. The number of halogens is 1. The molecule has 3 rings (SSSR count). The van der Waals surface area contributed by atoms with E-state index in [0.29, 0.717) is 23.0 Å². The Balaban J connectivity index is 2.00.